The van der Waals surface area contributed by atoms with Crippen molar-refractivity contribution in [3.05, 3.63) is 0 Å². The highest BCUT2D eigenvalue weighted by atomic mass is 28.3. The first-order chi connectivity index (χ1) is 6.11. The molecule has 0 aromatic carbocycles. The van der Waals surface area contributed by atoms with Crippen LogP contribution < -0.4 is 0 Å². The molecule has 0 amide bonds. The average Bonchev–Trinajstić information content (AvgIpc) is 2.41. The van der Waals surface area contributed by atoms with Crippen molar-refractivity contribution in [2.24, 2.45) is 0 Å². The molecule has 3 heteroatoms. The summed E-state index contributed by atoms with van der Waals surface area (Å²) in [6.07, 6.45) is 7.17. The highest BCUT2D eigenvalue weighted by molar-refractivity contribution is 6.75. The van der Waals surface area contributed by atoms with Gasteiger partial charge in [-0.15, -0.1) is 6.42 Å². The second-order valence-corrected chi connectivity index (χ2v) is 8.85. The first kappa shape index (κ1) is 10.3. The van der Waals surface area contributed by atoms with Gasteiger partial charge in [0.1, 0.15) is 8.24 Å². The predicted octanol–water partition coefficient (Wildman–Crippen LogP) is 1.81. The quantitative estimate of drug-likeness (QED) is 0.493. The van der Waals surface area contributed by atoms with Crippen molar-refractivity contribution in [2.75, 3.05) is 6.54 Å². The van der Waals surface area contributed by atoms with E-state index in [0.717, 1.165) is 6.54 Å². The molecule has 1 aliphatic heterocycles. The Labute approximate surface area is 81.6 Å². The van der Waals surface area contributed by atoms with Crippen LogP contribution in [0.25, 0.3) is 0 Å². The second-order valence-electron chi connectivity index (χ2n) is 4.15. The molecule has 1 rings (SSSR count). The molecular weight excluding hydrogens is 176 g/mol. The summed E-state index contributed by atoms with van der Waals surface area (Å²) in [6, 6.07) is 3.55. The average molecular weight is 192 g/mol. The highest BCUT2D eigenvalue weighted by Gasteiger charge is 2.37. The monoisotopic (exact) mass is 192 g/mol. The van der Waals surface area contributed by atoms with Crippen molar-refractivity contribution in [2.45, 2.75) is 38.0 Å². The maximum Gasteiger partial charge on any atom is 0.123 e. The molecule has 13 heavy (non-hydrogen) atoms. The summed E-state index contributed by atoms with van der Waals surface area (Å²) in [4.78, 5) is 0. The zero-order valence-corrected chi connectivity index (χ0v) is 9.38. The van der Waals surface area contributed by atoms with Crippen LogP contribution in [0.1, 0.15) is 12.8 Å². The summed E-state index contributed by atoms with van der Waals surface area (Å²) in [5.74, 6) is 2.74. The minimum atomic E-state index is -1.25. The molecule has 0 aromatic rings. The Balaban J connectivity index is 2.71. The summed E-state index contributed by atoms with van der Waals surface area (Å²) in [6.45, 7) is 5.76. The number of hydrogen-bond donors (Lipinski definition) is 0. The van der Waals surface area contributed by atoms with Gasteiger partial charge in [-0.05, 0) is 19.0 Å². The molecule has 1 heterocycles. The maximum absolute atomic E-state index is 8.64. The first-order valence-electron chi connectivity index (χ1n) is 4.71. The molecule has 0 aromatic heterocycles. The molecule has 0 N–H and O–H groups in total. The zero-order chi connectivity index (χ0) is 9.90. The van der Waals surface area contributed by atoms with E-state index in [-0.39, 0.29) is 6.04 Å². The van der Waals surface area contributed by atoms with Crippen molar-refractivity contribution < 1.29 is 0 Å². The van der Waals surface area contributed by atoms with Crippen LogP contribution in [0.5, 0.6) is 0 Å². The third kappa shape index (κ3) is 2.12. The number of hydrogen-bond acceptors (Lipinski definition) is 2. The lowest BCUT2D eigenvalue weighted by Gasteiger charge is -2.33. The van der Waals surface area contributed by atoms with Gasteiger partial charge in [0.25, 0.3) is 0 Å². The molecule has 0 spiro atoms. The Morgan fingerprint density at radius 2 is 2.31 bits per heavy atom. The molecule has 0 aliphatic carbocycles. The van der Waals surface area contributed by atoms with E-state index in [1.54, 1.807) is 0 Å². The molecule has 70 valence electrons. The topological polar surface area (TPSA) is 27.0 Å². The van der Waals surface area contributed by atoms with Gasteiger partial charge >= 0.3 is 0 Å². The molecule has 0 saturated carbocycles. The van der Waals surface area contributed by atoms with Gasteiger partial charge in [-0.2, -0.15) is 5.26 Å². The molecule has 1 atom stereocenters. The van der Waals surface area contributed by atoms with Crippen LogP contribution in [0.4, 0.5) is 0 Å². The highest BCUT2D eigenvalue weighted by Crippen LogP contribution is 2.28. The minimum absolute atomic E-state index is 0.0640. The SMILES string of the molecule is C#CC(CC#N)N1CCC[Si]1(C)C. The Kier molecular flexibility index (Phi) is 3.14. The fourth-order valence-electron chi connectivity index (χ4n) is 2.05. The lowest BCUT2D eigenvalue weighted by atomic mass is 10.2. The third-order valence-corrected chi connectivity index (χ3v) is 6.49. The molecule has 1 fully saturated rings. The lowest BCUT2D eigenvalue weighted by molar-refractivity contribution is 0.404. The van der Waals surface area contributed by atoms with Crippen molar-refractivity contribution in [3.63, 3.8) is 0 Å². The van der Waals surface area contributed by atoms with Gasteiger partial charge in [0.15, 0.2) is 0 Å². The van der Waals surface area contributed by atoms with Crippen molar-refractivity contribution in [3.8, 4) is 18.4 Å². The standard InChI is InChI=1S/C10H16N2Si/c1-4-10(6-7-11)12-8-5-9-13(12,2)3/h1,10H,5-6,8-9H2,2-3H3. The van der Waals surface area contributed by atoms with Crippen LogP contribution in [0.3, 0.4) is 0 Å². The Bertz CT molecular complexity index is 259. The molecule has 0 radical (unpaired) electrons. The normalized spacial score (nSPS) is 23.4. The van der Waals surface area contributed by atoms with Crippen LogP contribution in [0.2, 0.25) is 19.1 Å². The van der Waals surface area contributed by atoms with Gasteiger partial charge in [-0.3, -0.25) is 0 Å². The van der Waals surface area contributed by atoms with Crippen LogP contribution in [0, 0.1) is 23.7 Å². The predicted molar refractivity (Wildman–Crippen MR) is 56.5 cm³/mol. The molecule has 1 aliphatic rings. The largest absolute Gasteiger partial charge is 0.310 e. The maximum atomic E-state index is 8.64. The lowest BCUT2D eigenvalue weighted by Crippen LogP contribution is -2.48. The Morgan fingerprint density at radius 3 is 2.69 bits per heavy atom. The molecule has 1 unspecified atom stereocenters. The summed E-state index contributed by atoms with van der Waals surface area (Å²) >= 11 is 0. The van der Waals surface area contributed by atoms with Crippen molar-refractivity contribution >= 4 is 8.24 Å². The zero-order valence-electron chi connectivity index (χ0n) is 8.38. The van der Waals surface area contributed by atoms with E-state index >= 15 is 0 Å². The van der Waals surface area contributed by atoms with Crippen LogP contribution in [0.15, 0.2) is 0 Å². The van der Waals surface area contributed by atoms with E-state index in [4.69, 9.17) is 11.7 Å². The summed E-state index contributed by atoms with van der Waals surface area (Å²) in [5.41, 5.74) is 0. The van der Waals surface area contributed by atoms with Crippen LogP contribution in [-0.4, -0.2) is 25.4 Å². The fourth-order valence-corrected chi connectivity index (χ4v) is 5.14. The van der Waals surface area contributed by atoms with E-state index in [0.29, 0.717) is 6.42 Å². The van der Waals surface area contributed by atoms with Gasteiger partial charge in [0.05, 0.1) is 18.5 Å². The Hall–Kier alpha value is -0.773. The fraction of sp³-hybridized carbons (Fsp3) is 0.700. The van der Waals surface area contributed by atoms with E-state index in [1.807, 2.05) is 0 Å². The van der Waals surface area contributed by atoms with Gasteiger partial charge < -0.3 is 4.57 Å². The van der Waals surface area contributed by atoms with E-state index < -0.39 is 8.24 Å². The minimum Gasteiger partial charge on any atom is -0.310 e. The Morgan fingerprint density at radius 1 is 1.62 bits per heavy atom. The number of terminal acetylenes is 1. The van der Waals surface area contributed by atoms with Crippen molar-refractivity contribution in [1.29, 1.82) is 5.26 Å². The molecular formula is C10H16N2Si. The summed E-state index contributed by atoms with van der Waals surface area (Å²) in [5, 5.41) is 8.64. The van der Waals surface area contributed by atoms with Gasteiger partial charge in [0, 0.05) is 0 Å². The smallest absolute Gasteiger partial charge is 0.123 e. The van der Waals surface area contributed by atoms with E-state index in [1.165, 1.54) is 12.5 Å². The van der Waals surface area contributed by atoms with E-state index in [9.17, 15) is 0 Å². The number of rotatable bonds is 2. The molecule has 1 saturated heterocycles. The second kappa shape index (κ2) is 3.96. The summed E-state index contributed by atoms with van der Waals surface area (Å²) in [7, 11) is -1.25. The third-order valence-electron chi connectivity index (χ3n) is 2.82. The van der Waals surface area contributed by atoms with Gasteiger partial charge in [-0.25, -0.2) is 0 Å². The van der Waals surface area contributed by atoms with E-state index in [2.05, 4.69) is 29.6 Å². The number of nitrogens with zero attached hydrogens (tertiary/aromatic N) is 2. The molecule has 2 nitrogen and oxygen atoms in total. The number of nitriles is 1. The van der Waals surface area contributed by atoms with Gasteiger partial charge in [-0.1, -0.05) is 19.0 Å². The van der Waals surface area contributed by atoms with Crippen molar-refractivity contribution in [1.82, 2.24) is 4.57 Å². The van der Waals surface area contributed by atoms with Crippen LogP contribution in [-0.2, 0) is 0 Å². The first-order valence-corrected chi connectivity index (χ1v) is 7.87. The van der Waals surface area contributed by atoms with Gasteiger partial charge in [0.2, 0.25) is 0 Å². The van der Waals surface area contributed by atoms with Crippen LogP contribution >= 0.6 is 0 Å². The molecule has 0 bridgehead atoms. The summed E-state index contributed by atoms with van der Waals surface area (Å²) < 4.78 is 2.41.